The van der Waals surface area contributed by atoms with Gasteiger partial charge in [-0.1, -0.05) is 0 Å². The Labute approximate surface area is 110 Å². The molecule has 18 heavy (non-hydrogen) atoms. The maximum Gasteiger partial charge on any atom is 0.213 e. The largest absolute Gasteiger partial charge is 0.383 e. The molecule has 6 nitrogen and oxygen atoms in total. The fourth-order valence-electron chi connectivity index (χ4n) is 2.05. The summed E-state index contributed by atoms with van der Waals surface area (Å²) in [6.45, 7) is 8.27. The number of nitrogens with one attached hydrogen (secondary N) is 2. The molecule has 0 atom stereocenters. The minimum absolute atomic E-state index is 0.139. The summed E-state index contributed by atoms with van der Waals surface area (Å²) in [5, 5.41) is 3.24. The second kappa shape index (κ2) is 6.81. The van der Waals surface area contributed by atoms with Crippen molar-refractivity contribution in [1.29, 1.82) is 0 Å². The molecule has 0 radical (unpaired) electrons. The van der Waals surface area contributed by atoms with Crippen molar-refractivity contribution < 1.29 is 13.2 Å². The highest BCUT2D eigenvalue weighted by Crippen LogP contribution is 2.05. The lowest BCUT2D eigenvalue weighted by molar-refractivity contribution is 0.141. The first-order chi connectivity index (χ1) is 8.35. The van der Waals surface area contributed by atoms with E-state index < -0.39 is 15.6 Å². The van der Waals surface area contributed by atoms with Crippen LogP contribution in [0.25, 0.3) is 0 Å². The van der Waals surface area contributed by atoms with Gasteiger partial charge < -0.3 is 10.1 Å². The van der Waals surface area contributed by atoms with E-state index in [0.29, 0.717) is 13.2 Å². The molecule has 0 aromatic rings. The van der Waals surface area contributed by atoms with Gasteiger partial charge in [-0.2, -0.15) is 0 Å². The van der Waals surface area contributed by atoms with Gasteiger partial charge in [0.05, 0.1) is 17.9 Å². The van der Waals surface area contributed by atoms with Crippen LogP contribution in [0.1, 0.15) is 13.8 Å². The van der Waals surface area contributed by atoms with Crippen LogP contribution in [0.5, 0.6) is 0 Å². The molecule has 7 heteroatoms. The highest BCUT2D eigenvalue weighted by Gasteiger charge is 2.25. The molecule has 0 unspecified atom stereocenters. The van der Waals surface area contributed by atoms with Gasteiger partial charge in [-0.3, -0.25) is 4.90 Å². The Morgan fingerprint density at radius 3 is 2.50 bits per heavy atom. The van der Waals surface area contributed by atoms with Gasteiger partial charge in [-0.15, -0.1) is 0 Å². The van der Waals surface area contributed by atoms with Crippen LogP contribution >= 0.6 is 0 Å². The standard InChI is InChI=1S/C11H25N3O3S/c1-11(2,10-17-3)13-18(15,16)9-8-14-6-4-12-5-7-14/h12-13H,4-10H2,1-3H3. The van der Waals surface area contributed by atoms with E-state index in [1.807, 2.05) is 13.8 Å². The van der Waals surface area contributed by atoms with Crippen molar-refractivity contribution in [2.75, 3.05) is 52.2 Å². The molecular formula is C11H25N3O3S. The molecule has 0 aromatic heterocycles. The molecule has 1 aliphatic heterocycles. The molecule has 0 saturated carbocycles. The smallest absolute Gasteiger partial charge is 0.213 e. The lowest BCUT2D eigenvalue weighted by atomic mass is 10.1. The van der Waals surface area contributed by atoms with Crippen LogP contribution in [0, 0.1) is 0 Å². The molecule has 0 aromatic carbocycles. The first-order valence-corrected chi connectivity index (χ1v) is 7.93. The van der Waals surface area contributed by atoms with Crippen LogP contribution in [-0.4, -0.2) is 71.0 Å². The maximum absolute atomic E-state index is 12.0. The van der Waals surface area contributed by atoms with Crippen molar-refractivity contribution >= 4 is 10.0 Å². The van der Waals surface area contributed by atoms with Crippen molar-refractivity contribution in [2.24, 2.45) is 0 Å². The third kappa shape index (κ3) is 6.10. The van der Waals surface area contributed by atoms with E-state index in [1.54, 1.807) is 7.11 Å². The van der Waals surface area contributed by atoms with E-state index >= 15 is 0 Å². The number of rotatable bonds is 7. The fraction of sp³-hybridized carbons (Fsp3) is 1.00. The van der Waals surface area contributed by atoms with Gasteiger partial charge in [0.1, 0.15) is 0 Å². The van der Waals surface area contributed by atoms with Crippen molar-refractivity contribution in [3.8, 4) is 0 Å². The average molecular weight is 279 g/mol. The second-order valence-corrected chi connectivity index (χ2v) is 7.17. The SMILES string of the molecule is COCC(C)(C)NS(=O)(=O)CCN1CCNCC1. The summed E-state index contributed by atoms with van der Waals surface area (Å²) in [5.74, 6) is 0.139. The van der Waals surface area contributed by atoms with Gasteiger partial charge in [-0.25, -0.2) is 13.1 Å². The summed E-state index contributed by atoms with van der Waals surface area (Å²) in [6.07, 6.45) is 0. The Hall–Kier alpha value is -0.210. The third-order valence-electron chi connectivity index (χ3n) is 2.82. The van der Waals surface area contributed by atoms with Crippen molar-refractivity contribution in [3.05, 3.63) is 0 Å². The summed E-state index contributed by atoms with van der Waals surface area (Å²) in [7, 11) is -1.69. The number of methoxy groups -OCH3 is 1. The molecule has 0 aliphatic carbocycles. The van der Waals surface area contributed by atoms with E-state index in [2.05, 4.69) is 14.9 Å². The van der Waals surface area contributed by atoms with Gasteiger partial charge in [0, 0.05) is 39.8 Å². The molecule has 0 bridgehead atoms. The number of sulfonamides is 1. The van der Waals surface area contributed by atoms with Crippen LogP contribution in [0.15, 0.2) is 0 Å². The van der Waals surface area contributed by atoms with Gasteiger partial charge in [0.15, 0.2) is 0 Å². The van der Waals surface area contributed by atoms with Gasteiger partial charge >= 0.3 is 0 Å². The van der Waals surface area contributed by atoms with Gasteiger partial charge in [-0.05, 0) is 13.8 Å². The van der Waals surface area contributed by atoms with Crippen LogP contribution < -0.4 is 10.0 Å². The Kier molecular flexibility index (Phi) is 6.00. The van der Waals surface area contributed by atoms with E-state index in [9.17, 15) is 8.42 Å². The van der Waals surface area contributed by atoms with E-state index in [0.717, 1.165) is 26.2 Å². The average Bonchev–Trinajstić information content (AvgIpc) is 2.26. The Morgan fingerprint density at radius 2 is 1.94 bits per heavy atom. The Morgan fingerprint density at radius 1 is 1.33 bits per heavy atom. The van der Waals surface area contributed by atoms with Crippen molar-refractivity contribution in [2.45, 2.75) is 19.4 Å². The molecule has 1 saturated heterocycles. The third-order valence-corrected chi connectivity index (χ3v) is 4.41. The topological polar surface area (TPSA) is 70.7 Å². The minimum Gasteiger partial charge on any atom is -0.383 e. The first-order valence-electron chi connectivity index (χ1n) is 6.28. The lowest BCUT2D eigenvalue weighted by Crippen LogP contribution is -2.50. The van der Waals surface area contributed by atoms with Crippen molar-refractivity contribution in [1.82, 2.24) is 14.9 Å². The number of nitrogens with zero attached hydrogens (tertiary/aromatic N) is 1. The van der Waals surface area contributed by atoms with Crippen LogP contribution in [0.2, 0.25) is 0 Å². The molecule has 1 fully saturated rings. The van der Waals surface area contributed by atoms with E-state index in [1.165, 1.54) is 0 Å². The van der Waals surface area contributed by atoms with Crippen LogP contribution in [0.3, 0.4) is 0 Å². The molecule has 1 aliphatic rings. The number of hydrogen-bond donors (Lipinski definition) is 2. The molecular weight excluding hydrogens is 254 g/mol. The normalized spacial score (nSPS) is 19.1. The zero-order valence-electron chi connectivity index (χ0n) is 11.5. The van der Waals surface area contributed by atoms with E-state index in [-0.39, 0.29) is 5.75 Å². The Bertz CT molecular complexity index is 337. The molecule has 2 N–H and O–H groups in total. The molecule has 1 heterocycles. The summed E-state index contributed by atoms with van der Waals surface area (Å²) >= 11 is 0. The lowest BCUT2D eigenvalue weighted by Gasteiger charge is -2.28. The fourth-order valence-corrected chi connectivity index (χ4v) is 3.55. The summed E-state index contributed by atoms with van der Waals surface area (Å²) in [5.41, 5.74) is -0.558. The molecule has 0 spiro atoms. The van der Waals surface area contributed by atoms with Gasteiger partial charge in [0.25, 0.3) is 0 Å². The van der Waals surface area contributed by atoms with Crippen LogP contribution in [0.4, 0.5) is 0 Å². The maximum atomic E-state index is 12.0. The molecule has 108 valence electrons. The zero-order chi connectivity index (χ0) is 13.6. The second-order valence-electron chi connectivity index (χ2n) is 5.33. The highest BCUT2D eigenvalue weighted by molar-refractivity contribution is 7.89. The minimum atomic E-state index is -3.25. The predicted molar refractivity (Wildman–Crippen MR) is 72.2 cm³/mol. The Balaban J connectivity index is 2.39. The number of ether oxygens (including phenoxy) is 1. The highest BCUT2D eigenvalue weighted by atomic mass is 32.2. The number of piperazine rings is 1. The molecule has 0 amide bonds. The predicted octanol–water partition coefficient (Wildman–Crippen LogP) is -0.764. The van der Waals surface area contributed by atoms with Crippen LogP contribution in [-0.2, 0) is 14.8 Å². The van der Waals surface area contributed by atoms with E-state index in [4.69, 9.17) is 4.74 Å². The van der Waals surface area contributed by atoms with Crippen molar-refractivity contribution in [3.63, 3.8) is 0 Å². The monoisotopic (exact) mass is 279 g/mol. The first kappa shape index (κ1) is 15.8. The quantitative estimate of drug-likeness (QED) is 0.641. The zero-order valence-corrected chi connectivity index (χ0v) is 12.3. The summed E-state index contributed by atoms with van der Waals surface area (Å²) < 4.78 is 31.6. The van der Waals surface area contributed by atoms with Gasteiger partial charge in [0.2, 0.25) is 10.0 Å². The molecule has 1 rings (SSSR count). The summed E-state index contributed by atoms with van der Waals surface area (Å²) in [6, 6.07) is 0. The number of hydrogen-bond acceptors (Lipinski definition) is 5. The summed E-state index contributed by atoms with van der Waals surface area (Å²) in [4.78, 5) is 2.17.